The average molecular weight is 235 g/mol. The van der Waals surface area contributed by atoms with Crippen molar-refractivity contribution in [2.45, 2.75) is 32.7 Å². The summed E-state index contributed by atoms with van der Waals surface area (Å²) in [5, 5.41) is 12.4. The van der Waals surface area contributed by atoms with E-state index in [1.54, 1.807) is 0 Å². The first-order valence-electron chi connectivity index (χ1n) is 6.20. The predicted molar refractivity (Wildman–Crippen MR) is 68.9 cm³/mol. The van der Waals surface area contributed by atoms with Gasteiger partial charge >= 0.3 is 5.97 Å². The lowest BCUT2D eigenvalue weighted by molar-refractivity contribution is -0.139. The molecule has 94 valence electrons. The Labute approximate surface area is 103 Å². The Hall–Kier alpha value is -1.35. The molecule has 0 saturated carbocycles. The van der Waals surface area contributed by atoms with Crippen molar-refractivity contribution >= 4 is 5.97 Å². The zero-order valence-corrected chi connectivity index (χ0v) is 10.5. The fourth-order valence-electron chi connectivity index (χ4n) is 1.86. The van der Waals surface area contributed by atoms with Crippen molar-refractivity contribution in [3.05, 3.63) is 35.9 Å². The molecule has 1 aromatic rings. The van der Waals surface area contributed by atoms with Gasteiger partial charge in [0.15, 0.2) is 0 Å². The van der Waals surface area contributed by atoms with Crippen molar-refractivity contribution in [2.24, 2.45) is 5.92 Å². The highest BCUT2D eigenvalue weighted by Gasteiger charge is 2.19. The van der Waals surface area contributed by atoms with E-state index in [4.69, 9.17) is 0 Å². The van der Waals surface area contributed by atoms with Gasteiger partial charge in [-0.1, -0.05) is 57.0 Å². The quantitative estimate of drug-likeness (QED) is 0.764. The van der Waals surface area contributed by atoms with E-state index < -0.39 is 12.0 Å². The smallest absolute Gasteiger partial charge is 0.325 e. The van der Waals surface area contributed by atoms with Gasteiger partial charge in [-0.2, -0.15) is 0 Å². The highest BCUT2D eigenvalue weighted by Crippen LogP contribution is 2.14. The van der Waals surface area contributed by atoms with E-state index in [1.165, 1.54) is 0 Å². The molecule has 1 atom stereocenters. The zero-order valence-electron chi connectivity index (χ0n) is 10.5. The fraction of sp³-hybridized carbons (Fsp3) is 0.500. The Morgan fingerprint density at radius 2 is 1.82 bits per heavy atom. The SMILES string of the molecule is CCC(CC)CN[C@@H](C(=O)O)c1ccccc1. The molecular formula is C14H21NO2. The molecule has 0 aromatic heterocycles. The summed E-state index contributed by atoms with van der Waals surface area (Å²) >= 11 is 0. The molecule has 2 N–H and O–H groups in total. The Morgan fingerprint density at radius 1 is 1.24 bits per heavy atom. The normalized spacial score (nSPS) is 12.6. The molecule has 0 aliphatic heterocycles. The van der Waals surface area contributed by atoms with Gasteiger partial charge in [-0.25, -0.2) is 0 Å². The summed E-state index contributed by atoms with van der Waals surface area (Å²) in [6.07, 6.45) is 2.15. The monoisotopic (exact) mass is 235 g/mol. The number of rotatable bonds is 7. The summed E-state index contributed by atoms with van der Waals surface area (Å²) in [7, 11) is 0. The molecule has 0 saturated heterocycles. The molecule has 3 nitrogen and oxygen atoms in total. The highest BCUT2D eigenvalue weighted by atomic mass is 16.4. The standard InChI is InChI=1S/C14H21NO2/c1-3-11(4-2)10-15-13(14(16)17)12-8-6-5-7-9-12/h5-9,11,13,15H,3-4,10H2,1-2H3,(H,16,17)/t13-/m1/s1. The van der Waals surface area contributed by atoms with Gasteiger partial charge in [0.2, 0.25) is 0 Å². The van der Waals surface area contributed by atoms with E-state index in [0.717, 1.165) is 24.9 Å². The molecule has 1 aromatic carbocycles. The number of aliphatic carboxylic acids is 1. The minimum absolute atomic E-state index is 0.542. The minimum atomic E-state index is -0.817. The van der Waals surface area contributed by atoms with Crippen LogP contribution in [0.3, 0.4) is 0 Å². The van der Waals surface area contributed by atoms with Crippen molar-refractivity contribution < 1.29 is 9.90 Å². The second-order valence-electron chi connectivity index (χ2n) is 4.27. The molecule has 17 heavy (non-hydrogen) atoms. The molecule has 0 aliphatic carbocycles. The number of hydrogen-bond donors (Lipinski definition) is 2. The lowest BCUT2D eigenvalue weighted by Crippen LogP contribution is -2.32. The van der Waals surface area contributed by atoms with Crippen LogP contribution in [0.2, 0.25) is 0 Å². The first-order chi connectivity index (χ1) is 8.19. The first-order valence-corrected chi connectivity index (χ1v) is 6.20. The van der Waals surface area contributed by atoms with Crippen LogP contribution in [-0.4, -0.2) is 17.6 Å². The summed E-state index contributed by atoms with van der Waals surface area (Å²) < 4.78 is 0. The largest absolute Gasteiger partial charge is 0.480 e. The molecule has 0 radical (unpaired) electrons. The van der Waals surface area contributed by atoms with Gasteiger partial charge in [-0.05, 0) is 18.0 Å². The van der Waals surface area contributed by atoms with Crippen LogP contribution in [-0.2, 0) is 4.79 Å². The molecule has 0 unspecified atom stereocenters. The Balaban J connectivity index is 2.65. The van der Waals surface area contributed by atoms with Gasteiger partial charge < -0.3 is 10.4 Å². The zero-order chi connectivity index (χ0) is 12.7. The van der Waals surface area contributed by atoms with E-state index in [1.807, 2.05) is 30.3 Å². The maximum atomic E-state index is 11.2. The van der Waals surface area contributed by atoms with Crippen LogP contribution in [0.4, 0.5) is 0 Å². The third kappa shape index (κ3) is 4.19. The number of carbonyl (C=O) groups is 1. The maximum Gasteiger partial charge on any atom is 0.325 e. The van der Waals surface area contributed by atoms with Crippen LogP contribution in [0.25, 0.3) is 0 Å². The molecule has 0 heterocycles. The van der Waals surface area contributed by atoms with E-state index >= 15 is 0 Å². The lowest BCUT2D eigenvalue weighted by atomic mass is 10.0. The number of nitrogens with one attached hydrogen (secondary N) is 1. The van der Waals surface area contributed by atoms with Crippen molar-refractivity contribution in [3.63, 3.8) is 0 Å². The molecule has 0 bridgehead atoms. The fourth-order valence-corrected chi connectivity index (χ4v) is 1.86. The van der Waals surface area contributed by atoms with E-state index in [0.29, 0.717) is 5.92 Å². The van der Waals surface area contributed by atoms with Crippen LogP contribution in [0.5, 0.6) is 0 Å². The number of carboxylic acids is 1. The highest BCUT2D eigenvalue weighted by molar-refractivity contribution is 5.75. The Bertz CT molecular complexity index is 333. The van der Waals surface area contributed by atoms with Gasteiger partial charge in [-0.15, -0.1) is 0 Å². The van der Waals surface area contributed by atoms with E-state index in [-0.39, 0.29) is 0 Å². The summed E-state index contributed by atoms with van der Waals surface area (Å²) in [4.78, 5) is 11.2. The topological polar surface area (TPSA) is 49.3 Å². The second-order valence-corrected chi connectivity index (χ2v) is 4.27. The molecule has 0 fully saturated rings. The van der Waals surface area contributed by atoms with Crippen LogP contribution < -0.4 is 5.32 Å². The molecule has 0 spiro atoms. The summed E-state index contributed by atoms with van der Waals surface area (Å²) in [6, 6.07) is 8.71. The maximum absolute atomic E-state index is 11.2. The molecule has 0 aliphatic rings. The first kappa shape index (κ1) is 13.7. The van der Waals surface area contributed by atoms with Gasteiger partial charge in [0.05, 0.1) is 0 Å². The van der Waals surface area contributed by atoms with Crippen molar-refractivity contribution in [2.75, 3.05) is 6.54 Å². The molecular weight excluding hydrogens is 214 g/mol. The van der Waals surface area contributed by atoms with Gasteiger partial charge in [-0.3, -0.25) is 4.79 Å². The van der Waals surface area contributed by atoms with Crippen LogP contribution in [0.15, 0.2) is 30.3 Å². The van der Waals surface area contributed by atoms with Gasteiger partial charge in [0.25, 0.3) is 0 Å². The van der Waals surface area contributed by atoms with E-state index in [2.05, 4.69) is 19.2 Å². The Morgan fingerprint density at radius 3 is 2.29 bits per heavy atom. The van der Waals surface area contributed by atoms with Crippen molar-refractivity contribution in [3.8, 4) is 0 Å². The molecule has 3 heteroatoms. The van der Waals surface area contributed by atoms with Crippen LogP contribution in [0, 0.1) is 5.92 Å². The number of benzene rings is 1. The van der Waals surface area contributed by atoms with E-state index in [9.17, 15) is 9.90 Å². The van der Waals surface area contributed by atoms with Crippen molar-refractivity contribution in [1.29, 1.82) is 0 Å². The summed E-state index contributed by atoms with van der Waals surface area (Å²) in [5.74, 6) is -0.275. The van der Waals surface area contributed by atoms with Crippen LogP contribution in [0.1, 0.15) is 38.3 Å². The second kappa shape index (κ2) is 7.07. The average Bonchev–Trinajstić information content (AvgIpc) is 2.35. The lowest BCUT2D eigenvalue weighted by Gasteiger charge is -2.19. The number of carboxylic acid groups (broad SMARTS) is 1. The summed E-state index contributed by atoms with van der Waals surface area (Å²) in [6.45, 7) is 5.02. The predicted octanol–water partition coefficient (Wildman–Crippen LogP) is 2.84. The van der Waals surface area contributed by atoms with Crippen molar-refractivity contribution in [1.82, 2.24) is 5.32 Å². The molecule has 0 amide bonds. The molecule has 1 rings (SSSR count). The van der Waals surface area contributed by atoms with Crippen LogP contribution >= 0.6 is 0 Å². The summed E-state index contributed by atoms with van der Waals surface area (Å²) in [5.41, 5.74) is 0.811. The van der Waals surface area contributed by atoms with Gasteiger partial charge in [0.1, 0.15) is 6.04 Å². The number of hydrogen-bond acceptors (Lipinski definition) is 2. The minimum Gasteiger partial charge on any atom is -0.480 e. The third-order valence-electron chi connectivity index (χ3n) is 3.15. The Kier molecular flexibility index (Phi) is 5.70. The van der Waals surface area contributed by atoms with Gasteiger partial charge in [0, 0.05) is 0 Å². The third-order valence-corrected chi connectivity index (χ3v) is 3.15.